The number of likely N-dealkylation sites (tertiary alicyclic amines) is 1. The van der Waals surface area contributed by atoms with Gasteiger partial charge in [-0.05, 0) is 37.1 Å². The van der Waals surface area contributed by atoms with Crippen LogP contribution in [0.4, 0.5) is 40.9 Å². The van der Waals surface area contributed by atoms with E-state index in [4.69, 9.17) is 19.8 Å². The zero-order valence-electron chi connectivity index (χ0n) is 20.9. The Labute approximate surface area is 222 Å². The second-order valence-electron chi connectivity index (χ2n) is 9.12. The van der Waals surface area contributed by atoms with Crippen molar-refractivity contribution in [1.29, 1.82) is 0 Å². The van der Waals surface area contributed by atoms with Crippen LogP contribution >= 0.6 is 0 Å². The Morgan fingerprint density at radius 3 is 2.00 bits per heavy atom. The summed E-state index contributed by atoms with van der Waals surface area (Å²) < 4.78 is 93.3. The summed E-state index contributed by atoms with van der Waals surface area (Å²) in [5, 5.41) is 22.5. The Bertz CT molecular complexity index is 1110. The topological polar surface area (TPSA) is 120 Å². The first kappa shape index (κ1) is 32.6. The third-order valence-electron chi connectivity index (χ3n) is 6.12. The molecule has 2 aromatic rings. The molecule has 2 aliphatic rings. The van der Waals surface area contributed by atoms with Gasteiger partial charge in [-0.3, -0.25) is 9.88 Å². The van der Waals surface area contributed by atoms with Crippen LogP contribution in [-0.2, 0) is 16.1 Å². The average molecular weight is 587 g/mol. The minimum atomic E-state index is -5.08. The molecule has 4 heterocycles. The number of anilines is 1. The van der Waals surface area contributed by atoms with E-state index in [0.717, 1.165) is 11.3 Å². The molecule has 0 aromatic carbocycles. The van der Waals surface area contributed by atoms with Crippen LogP contribution < -0.4 is 4.90 Å². The molecule has 0 radical (unpaired) electrons. The molecule has 2 aromatic heterocycles. The monoisotopic (exact) mass is 587 g/mol. The van der Waals surface area contributed by atoms with Crippen LogP contribution in [-0.4, -0.2) is 86.7 Å². The Balaban J connectivity index is 0.000000333. The second-order valence-corrected chi connectivity index (χ2v) is 9.12. The van der Waals surface area contributed by atoms with Crippen LogP contribution in [0.1, 0.15) is 24.1 Å². The predicted molar refractivity (Wildman–Crippen MR) is 122 cm³/mol. The first-order chi connectivity index (χ1) is 18.4. The number of carboxylic acid groups (broad SMARTS) is 2. The molecule has 1 atom stereocenters. The summed E-state index contributed by atoms with van der Waals surface area (Å²) >= 11 is 0. The van der Waals surface area contributed by atoms with E-state index in [1.54, 1.807) is 6.20 Å². The molecule has 0 saturated carbocycles. The number of hydrogen-bond donors (Lipinski definition) is 2. The lowest BCUT2D eigenvalue weighted by atomic mass is 9.75. The summed E-state index contributed by atoms with van der Waals surface area (Å²) in [6.45, 7) is 4.25. The van der Waals surface area contributed by atoms with Gasteiger partial charge in [0.1, 0.15) is 0 Å². The van der Waals surface area contributed by atoms with Crippen molar-refractivity contribution in [3.05, 3.63) is 47.9 Å². The number of aryl methyl sites for hydroxylation is 1. The Morgan fingerprint density at radius 1 is 0.925 bits per heavy atom. The van der Waals surface area contributed by atoms with E-state index in [9.17, 15) is 35.1 Å². The molecular formula is C23H25F8N5O4. The summed E-state index contributed by atoms with van der Waals surface area (Å²) in [7, 11) is 0. The molecule has 2 aliphatic heterocycles. The SMILES string of the molecule is Cc1ccc(N2CCC3(CN(Cc4cccnc4)CCC3(F)F)C2)nn1.O=C(O)C(F)(F)F.O=C(O)C(F)(F)F. The number of rotatable bonds is 3. The van der Waals surface area contributed by atoms with Gasteiger partial charge < -0.3 is 15.1 Å². The van der Waals surface area contributed by atoms with Gasteiger partial charge in [0.2, 0.25) is 0 Å². The molecule has 1 spiro atoms. The van der Waals surface area contributed by atoms with Crippen molar-refractivity contribution in [2.24, 2.45) is 5.41 Å². The molecule has 2 N–H and O–H groups in total. The molecule has 4 rings (SSSR count). The fourth-order valence-corrected chi connectivity index (χ4v) is 4.13. The van der Waals surface area contributed by atoms with Gasteiger partial charge in [-0.15, -0.1) is 5.10 Å². The van der Waals surface area contributed by atoms with Crippen LogP contribution in [0.15, 0.2) is 36.7 Å². The number of nitrogens with zero attached hydrogens (tertiary/aromatic N) is 5. The predicted octanol–water partition coefficient (Wildman–Crippen LogP) is 4.18. The summed E-state index contributed by atoms with van der Waals surface area (Å²) in [5.74, 6) is -7.49. The fourth-order valence-electron chi connectivity index (χ4n) is 4.13. The normalized spacial score (nSPS) is 20.7. The number of piperidine rings is 1. The van der Waals surface area contributed by atoms with Gasteiger partial charge in [-0.2, -0.15) is 31.4 Å². The molecule has 0 aliphatic carbocycles. The Morgan fingerprint density at radius 2 is 1.52 bits per heavy atom. The van der Waals surface area contributed by atoms with E-state index in [0.29, 0.717) is 45.0 Å². The summed E-state index contributed by atoms with van der Waals surface area (Å²) in [5.41, 5.74) is 0.862. The standard InChI is InChI=1S/C19H23F2N5.2C2HF3O2/c1-15-4-5-17(24-23-15)26-10-6-18(14-26)13-25(9-7-19(18,20)21)12-16-3-2-8-22-11-16;2*3-2(4,5)1(6)7/h2-5,8,11H,6-7,9-10,12-14H2,1H3;2*(H,6,7). The lowest BCUT2D eigenvalue weighted by Crippen LogP contribution is -2.56. The zero-order valence-corrected chi connectivity index (χ0v) is 20.9. The molecule has 0 amide bonds. The quantitative estimate of drug-likeness (QED) is 0.510. The number of hydrogen-bond acceptors (Lipinski definition) is 7. The zero-order chi connectivity index (χ0) is 30.4. The fraction of sp³-hybridized carbons (Fsp3) is 0.522. The van der Waals surface area contributed by atoms with Crippen molar-refractivity contribution < 1.29 is 54.9 Å². The van der Waals surface area contributed by atoms with Gasteiger partial charge in [-0.1, -0.05) is 6.07 Å². The summed E-state index contributed by atoms with van der Waals surface area (Å²) in [6, 6.07) is 7.63. The molecule has 1 unspecified atom stereocenters. The number of aliphatic carboxylic acids is 2. The maximum Gasteiger partial charge on any atom is 0.490 e. The van der Waals surface area contributed by atoms with Crippen LogP contribution in [0.2, 0.25) is 0 Å². The highest BCUT2D eigenvalue weighted by molar-refractivity contribution is 5.73. The molecule has 17 heteroatoms. The molecular weight excluding hydrogens is 562 g/mol. The van der Waals surface area contributed by atoms with Gasteiger partial charge in [0.15, 0.2) is 5.82 Å². The molecule has 2 fully saturated rings. The van der Waals surface area contributed by atoms with Crippen molar-refractivity contribution in [1.82, 2.24) is 20.1 Å². The number of halogens is 8. The summed E-state index contributed by atoms with van der Waals surface area (Å²) in [4.78, 5) is 26.0. The van der Waals surface area contributed by atoms with E-state index in [2.05, 4.69) is 20.1 Å². The van der Waals surface area contributed by atoms with Crippen molar-refractivity contribution in [2.45, 2.75) is 44.6 Å². The lowest BCUT2D eigenvalue weighted by Gasteiger charge is -2.46. The van der Waals surface area contributed by atoms with Gasteiger partial charge in [0.05, 0.1) is 11.1 Å². The van der Waals surface area contributed by atoms with Gasteiger partial charge in [0, 0.05) is 51.5 Å². The maximum absolute atomic E-state index is 14.9. The first-order valence-electron chi connectivity index (χ1n) is 11.5. The number of pyridine rings is 1. The van der Waals surface area contributed by atoms with Crippen molar-refractivity contribution in [3.8, 4) is 0 Å². The number of carbonyl (C=O) groups is 2. The third kappa shape index (κ3) is 8.96. The lowest BCUT2D eigenvalue weighted by molar-refractivity contribution is -0.193. The highest BCUT2D eigenvalue weighted by atomic mass is 19.4. The van der Waals surface area contributed by atoms with Gasteiger partial charge >= 0.3 is 24.3 Å². The number of alkyl halides is 8. The van der Waals surface area contributed by atoms with Crippen LogP contribution in [0, 0.1) is 12.3 Å². The minimum Gasteiger partial charge on any atom is -0.475 e. The minimum absolute atomic E-state index is 0.0965. The number of aromatic nitrogens is 3. The average Bonchev–Trinajstić information content (AvgIpc) is 3.28. The highest BCUT2D eigenvalue weighted by Crippen LogP contribution is 2.50. The summed E-state index contributed by atoms with van der Waals surface area (Å²) in [6.07, 6.45) is -6.26. The van der Waals surface area contributed by atoms with E-state index in [1.165, 1.54) is 0 Å². The van der Waals surface area contributed by atoms with Crippen molar-refractivity contribution in [3.63, 3.8) is 0 Å². The van der Waals surface area contributed by atoms with E-state index in [-0.39, 0.29) is 6.42 Å². The highest BCUT2D eigenvalue weighted by Gasteiger charge is 2.59. The van der Waals surface area contributed by atoms with Gasteiger partial charge in [0.25, 0.3) is 5.92 Å². The molecule has 40 heavy (non-hydrogen) atoms. The molecule has 2 saturated heterocycles. The van der Waals surface area contributed by atoms with Crippen molar-refractivity contribution in [2.75, 3.05) is 31.1 Å². The number of carboxylic acids is 2. The van der Waals surface area contributed by atoms with E-state index in [1.807, 2.05) is 42.3 Å². The second kappa shape index (κ2) is 12.7. The largest absolute Gasteiger partial charge is 0.490 e. The van der Waals surface area contributed by atoms with Crippen LogP contribution in [0.3, 0.4) is 0 Å². The maximum atomic E-state index is 14.9. The van der Waals surface area contributed by atoms with Crippen molar-refractivity contribution >= 4 is 17.8 Å². The molecule has 222 valence electrons. The Kier molecular flexibility index (Phi) is 10.3. The molecule has 9 nitrogen and oxygen atoms in total. The smallest absolute Gasteiger partial charge is 0.475 e. The third-order valence-corrected chi connectivity index (χ3v) is 6.12. The first-order valence-corrected chi connectivity index (χ1v) is 11.5. The van der Waals surface area contributed by atoms with Gasteiger partial charge in [-0.25, -0.2) is 18.4 Å². The Hall–Kier alpha value is -3.63. The van der Waals surface area contributed by atoms with E-state index < -0.39 is 35.6 Å². The van der Waals surface area contributed by atoms with Crippen LogP contribution in [0.25, 0.3) is 0 Å². The van der Waals surface area contributed by atoms with E-state index >= 15 is 0 Å². The van der Waals surface area contributed by atoms with Crippen LogP contribution in [0.5, 0.6) is 0 Å². The molecule has 0 bridgehead atoms.